The van der Waals surface area contributed by atoms with E-state index in [0.29, 0.717) is 43.5 Å². The molecule has 2 atom stereocenters. The minimum absolute atomic E-state index is 0.00233. The van der Waals surface area contributed by atoms with Crippen LogP contribution in [0.2, 0.25) is 0 Å². The van der Waals surface area contributed by atoms with Crippen LogP contribution < -0.4 is 0 Å². The second-order valence-electron chi connectivity index (χ2n) is 7.22. The summed E-state index contributed by atoms with van der Waals surface area (Å²) in [6.07, 6.45) is 6.41. The molecule has 0 spiro atoms. The molecule has 128 valence electrons. The number of likely N-dealkylation sites (tertiary alicyclic amines) is 2. The molecular weight excluding hydrogens is 308 g/mol. The molecule has 3 fully saturated rings. The van der Waals surface area contributed by atoms with Gasteiger partial charge in [-0.05, 0) is 31.1 Å². The number of rotatable bonds is 2. The lowest BCUT2D eigenvalue weighted by atomic mass is 9.81. The van der Waals surface area contributed by atoms with Crippen LogP contribution in [0.1, 0.15) is 29.8 Å². The van der Waals surface area contributed by atoms with Crippen molar-refractivity contribution in [1.82, 2.24) is 19.8 Å². The van der Waals surface area contributed by atoms with E-state index in [9.17, 15) is 14.7 Å². The molecule has 0 aromatic carbocycles. The van der Waals surface area contributed by atoms with Crippen LogP contribution in [0, 0.1) is 17.8 Å². The molecule has 0 bridgehead atoms. The summed E-state index contributed by atoms with van der Waals surface area (Å²) < 4.78 is 0. The summed E-state index contributed by atoms with van der Waals surface area (Å²) >= 11 is 0. The Morgan fingerprint density at radius 1 is 1.08 bits per heavy atom. The van der Waals surface area contributed by atoms with Gasteiger partial charge in [0.2, 0.25) is 5.91 Å². The van der Waals surface area contributed by atoms with Gasteiger partial charge in [-0.1, -0.05) is 0 Å². The summed E-state index contributed by atoms with van der Waals surface area (Å²) in [6, 6.07) is 0. The number of hydrogen-bond donors (Lipinski definition) is 1. The molecule has 4 rings (SSSR count). The molecule has 1 aromatic heterocycles. The van der Waals surface area contributed by atoms with Crippen molar-refractivity contribution in [3.8, 4) is 0 Å². The Hall–Kier alpha value is -2.02. The lowest BCUT2D eigenvalue weighted by Gasteiger charge is -2.34. The maximum Gasteiger partial charge on any atom is 0.274 e. The van der Waals surface area contributed by atoms with Gasteiger partial charge >= 0.3 is 0 Å². The molecule has 7 nitrogen and oxygen atoms in total. The van der Waals surface area contributed by atoms with Crippen molar-refractivity contribution in [3.05, 3.63) is 24.3 Å². The molecule has 7 heteroatoms. The molecule has 2 aliphatic heterocycles. The molecule has 24 heavy (non-hydrogen) atoms. The van der Waals surface area contributed by atoms with Gasteiger partial charge < -0.3 is 14.9 Å². The third-order valence-corrected chi connectivity index (χ3v) is 5.64. The van der Waals surface area contributed by atoms with E-state index in [4.69, 9.17) is 0 Å². The second-order valence-corrected chi connectivity index (χ2v) is 7.22. The average Bonchev–Trinajstić information content (AvgIpc) is 3.01. The van der Waals surface area contributed by atoms with E-state index in [1.807, 2.05) is 9.80 Å². The highest BCUT2D eigenvalue weighted by Gasteiger charge is 2.43. The summed E-state index contributed by atoms with van der Waals surface area (Å²) in [5.41, 5.74) is 0.380. The van der Waals surface area contributed by atoms with E-state index in [2.05, 4.69) is 9.97 Å². The van der Waals surface area contributed by atoms with Crippen LogP contribution in [-0.4, -0.2) is 69.0 Å². The van der Waals surface area contributed by atoms with Gasteiger partial charge in [-0.15, -0.1) is 0 Å². The van der Waals surface area contributed by atoms with Gasteiger partial charge in [0.1, 0.15) is 5.69 Å². The predicted molar refractivity (Wildman–Crippen MR) is 84.8 cm³/mol. The molecule has 1 aromatic rings. The maximum atomic E-state index is 12.5. The van der Waals surface area contributed by atoms with Crippen molar-refractivity contribution < 1.29 is 14.7 Å². The summed E-state index contributed by atoms with van der Waals surface area (Å²) in [7, 11) is 0. The van der Waals surface area contributed by atoms with Crippen LogP contribution in [0.15, 0.2) is 18.6 Å². The van der Waals surface area contributed by atoms with Crippen molar-refractivity contribution >= 4 is 11.8 Å². The monoisotopic (exact) mass is 330 g/mol. The molecule has 0 unspecified atom stereocenters. The number of hydrogen-bond acceptors (Lipinski definition) is 5. The normalized spacial score (nSPS) is 32.2. The Morgan fingerprint density at radius 3 is 2.54 bits per heavy atom. The molecule has 3 heterocycles. The van der Waals surface area contributed by atoms with E-state index in [1.165, 1.54) is 12.4 Å². The van der Waals surface area contributed by atoms with E-state index >= 15 is 0 Å². The Bertz CT molecular complexity index is 632. The topological polar surface area (TPSA) is 86.6 Å². The highest BCUT2D eigenvalue weighted by atomic mass is 16.3. The SMILES string of the molecule is O=C(c1cnccn1)N1CC[C@@H]2CN(C(=O)C3CC(O)C3)C[C@H]2C1. The third-order valence-electron chi connectivity index (χ3n) is 5.64. The number of carbonyl (C=O) groups is 2. The number of carbonyl (C=O) groups excluding carboxylic acids is 2. The molecule has 2 amide bonds. The van der Waals surface area contributed by atoms with Crippen molar-refractivity contribution in [2.75, 3.05) is 26.2 Å². The van der Waals surface area contributed by atoms with Crippen LogP contribution in [0.4, 0.5) is 0 Å². The lowest BCUT2D eigenvalue weighted by Crippen LogP contribution is -2.44. The first-order valence-electron chi connectivity index (χ1n) is 8.64. The van der Waals surface area contributed by atoms with E-state index < -0.39 is 0 Å². The first-order valence-corrected chi connectivity index (χ1v) is 8.64. The van der Waals surface area contributed by atoms with Crippen LogP contribution >= 0.6 is 0 Å². The zero-order chi connectivity index (χ0) is 16.7. The first-order chi connectivity index (χ1) is 11.6. The van der Waals surface area contributed by atoms with Gasteiger partial charge in [0, 0.05) is 44.5 Å². The highest BCUT2D eigenvalue weighted by Crippen LogP contribution is 2.35. The fraction of sp³-hybridized carbons (Fsp3) is 0.647. The summed E-state index contributed by atoms with van der Waals surface area (Å²) in [5, 5.41) is 9.39. The zero-order valence-electron chi connectivity index (χ0n) is 13.5. The van der Waals surface area contributed by atoms with Crippen molar-refractivity contribution in [3.63, 3.8) is 0 Å². The smallest absolute Gasteiger partial charge is 0.274 e. The van der Waals surface area contributed by atoms with Gasteiger partial charge in [-0.25, -0.2) is 4.98 Å². The number of fused-ring (bicyclic) bond motifs is 1. The van der Waals surface area contributed by atoms with Crippen LogP contribution in [0.5, 0.6) is 0 Å². The molecule has 3 aliphatic rings. The fourth-order valence-electron chi connectivity index (χ4n) is 4.15. The third kappa shape index (κ3) is 2.77. The molecule has 0 radical (unpaired) electrons. The minimum Gasteiger partial charge on any atom is -0.393 e. The standard InChI is InChI=1S/C17H22N4O3/c22-14-5-12(6-14)16(23)21-8-11-1-4-20(9-13(11)10-21)17(24)15-7-18-2-3-19-15/h2-3,7,11-14,22H,1,4-6,8-10H2/t11-,12?,13-,14?/m1/s1. The fourth-order valence-corrected chi connectivity index (χ4v) is 4.15. The van der Waals surface area contributed by atoms with Crippen LogP contribution in [0.25, 0.3) is 0 Å². The molecular formula is C17H22N4O3. The van der Waals surface area contributed by atoms with E-state index in [-0.39, 0.29) is 23.8 Å². The number of aromatic nitrogens is 2. The van der Waals surface area contributed by atoms with Gasteiger partial charge in [-0.3, -0.25) is 14.6 Å². The molecule has 1 aliphatic carbocycles. The zero-order valence-corrected chi connectivity index (χ0v) is 13.5. The lowest BCUT2D eigenvalue weighted by molar-refractivity contribution is -0.141. The quantitative estimate of drug-likeness (QED) is 0.835. The first kappa shape index (κ1) is 15.5. The number of piperidine rings is 1. The van der Waals surface area contributed by atoms with Gasteiger partial charge in [0.05, 0.1) is 12.3 Å². The number of amides is 2. The Balaban J connectivity index is 1.37. The summed E-state index contributed by atoms with van der Waals surface area (Å²) in [6.45, 7) is 2.90. The van der Waals surface area contributed by atoms with Crippen LogP contribution in [0.3, 0.4) is 0 Å². The van der Waals surface area contributed by atoms with Gasteiger partial charge in [-0.2, -0.15) is 0 Å². The van der Waals surface area contributed by atoms with Crippen molar-refractivity contribution in [2.24, 2.45) is 17.8 Å². The number of aliphatic hydroxyl groups excluding tert-OH is 1. The molecule has 1 N–H and O–H groups in total. The van der Waals surface area contributed by atoms with E-state index in [1.54, 1.807) is 6.20 Å². The molecule has 1 saturated carbocycles. The summed E-state index contributed by atoms with van der Waals surface area (Å²) in [5.74, 6) is 0.922. The Labute approximate surface area is 140 Å². The highest BCUT2D eigenvalue weighted by molar-refractivity contribution is 5.92. The average molecular weight is 330 g/mol. The van der Waals surface area contributed by atoms with E-state index in [0.717, 1.165) is 19.5 Å². The maximum absolute atomic E-state index is 12.5. The van der Waals surface area contributed by atoms with Crippen molar-refractivity contribution in [2.45, 2.75) is 25.4 Å². The molecule has 2 saturated heterocycles. The van der Waals surface area contributed by atoms with Crippen molar-refractivity contribution in [1.29, 1.82) is 0 Å². The van der Waals surface area contributed by atoms with Gasteiger partial charge in [0.15, 0.2) is 0 Å². The predicted octanol–water partition coefficient (Wildman–Crippen LogP) is 0.168. The largest absolute Gasteiger partial charge is 0.393 e. The Kier molecular flexibility index (Phi) is 3.96. The summed E-state index contributed by atoms with van der Waals surface area (Å²) in [4.78, 5) is 36.8. The second kappa shape index (κ2) is 6.12. The number of aliphatic hydroxyl groups is 1. The minimum atomic E-state index is -0.302. The van der Waals surface area contributed by atoms with Crippen LogP contribution in [-0.2, 0) is 4.79 Å². The van der Waals surface area contributed by atoms with Gasteiger partial charge in [0.25, 0.3) is 5.91 Å². The number of nitrogens with zero attached hydrogens (tertiary/aromatic N) is 4. The Morgan fingerprint density at radius 2 is 1.83 bits per heavy atom.